The van der Waals surface area contributed by atoms with Crippen molar-refractivity contribution in [2.45, 2.75) is 37.5 Å². The fourth-order valence-electron chi connectivity index (χ4n) is 4.43. The molecular weight excluding hydrogens is 460 g/mol. The van der Waals surface area contributed by atoms with E-state index in [2.05, 4.69) is 5.32 Å². The summed E-state index contributed by atoms with van der Waals surface area (Å²) in [6.45, 7) is 2.47. The predicted molar refractivity (Wildman–Crippen MR) is 126 cm³/mol. The van der Waals surface area contributed by atoms with E-state index in [-0.39, 0.29) is 41.4 Å². The molecule has 0 radical (unpaired) electrons. The summed E-state index contributed by atoms with van der Waals surface area (Å²) >= 11 is 0. The van der Waals surface area contributed by atoms with E-state index in [0.29, 0.717) is 42.7 Å². The Hall–Kier alpha value is -3.31. The van der Waals surface area contributed by atoms with E-state index in [0.717, 1.165) is 12.5 Å². The quantitative estimate of drug-likeness (QED) is 0.493. The third kappa shape index (κ3) is 4.66. The Labute approximate surface area is 197 Å². The minimum Gasteiger partial charge on any atom is -0.324 e. The average Bonchev–Trinajstić information content (AvgIpc) is 3.25. The van der Waals surface area contributed by atoms with Gasteiger partial charge in [-0.1, -0.05) is 18.2 Å². The summed E-state index contributed by atoms with van der Waals surface area (Å²) in [6, 6.07) is 10.9. The van der Waals surface area contributed by atoms with E-state index in [4.69, 9.17) is 0 Å². The molecule has 180 valence electrons. The summed E-state index contributed by atoms with van der Waals surface area (Å²) in [5, 5.41) is 14.0. The molecule has 2 aliphatic heterocycles. The van der Waals surface area contributed by atoms with Crippen molar-refractivity contribution in [2.75, 3.05) is 29.9 Å². The highest BCUT2D eigenvalue weighted by Crippen LogP contribution is 2.32. The van der Waals surface area contributed by atoms with Crippen LogP contribution in [0.4, 0.5) is 17.1 Å². The lowest BCUT2D eigenvalue weighted by Crippen LogP contribution is -2.41. The molecular formula is C23H26N4O6S. The lowest BCUT2D eigenvalue weighted by Gasteiger charge is -2.31. The first kappa shape index (κ1) is 23.8. The number of piperidine rings is 1. The molecule has 2 saturated heterocycles. The first-order chi connectivity index (χ1) is 16.2. The number of hydrogen-bond acceptors (Lipinski definition) is 6. The van der Waals surface area contributed by atoms with Gasteiger partial charge < -0.3 is 10.2 Å². The van der Waals surface area contributed by atoms with Crippen molar-refractivity contribution in [1.29, 1.82) is 0 Å². The smallest absolute Gasteiger partial charge is 0.270 e. The number of benzene rings is 2. The van der Waals surface area contributed by atoms with Crippen molar-refractivity contribution < 1.29 is 22.9 Å². The Morgan fingerprint density at radius 1 is 1.12 bits per heavy atom. The number of nitrogens with zero attached hydrogens (tertiary/aromatic N) is 3. The lowest BCUT2D eigenvalue weighted by atomic mass is 9.97. The summed E-state index contributed by atoms with van der Waals surface area (Å²) in [7, 11) is -3.93. The van der Waals surface area contributed by atoms with Gasteiger partial charge in [-0.25, -0.2) is 8.42 Å². The molecule has 0 aliphatic carbocycles. The monoisotopic (exact) mass is 486 g/mol. The van der Waals surface area contributed by atoms with Crippen LogP contribution in [0.2, 0.25) is 0 Å². The molecule has 0 bridgehead atoms. The van der Waals surface area contributed by atoms with E-state index in [1.54, 1.807) is 30.0 Å². The number of carbonyl (C=O) groups is 2. The van der Waals surface area contributed by atoms with Crippen molar-refractivity contribution in [2.24, 2.45) is 5.92 Å². The zero-order chi connectivity index (χ0) is 24.5. The molecule has 2 aromatic rings. The van der Waals surface area contributed by atoms with Crippen molar-refractivity contribution in [1.82, 2.24) is 4.31 Å². The van der Waals surface area contributed by atoms with Gasteiger partial charge in [0.15, 0.2) is 0 Å². The highest BCUT2D eigenvalue weighted by atomic mass is 32.2. The number of nitro benzene ring substituents is 1. The minimum atomic E-state index is -3.93. The molecule has 11 heteroatoms. The fraction of sp³-hybridized carbons (Fsp3) is 0.391. The number of hydrogen-bond donors (Lipinski definition) is 1. The van der Waals surface area contributed by atoms with Crippen LogP contribution in [-0.2, 0) is 19.6 Å². The maximum absolute atomic E-state index is 13.1. The summed E-state index contributed by atoms with van der Waals surface area (Å²) in [6.07, 6.45) is 1.91. The van der Waals surface area contributed by atoms with Crippen LogP contribution in [0.5, 0.6) is 0 Å². The maximum atomic E-state index is 13.1. The van der Waals surface area contributed by atoms with Crippen LogP contribution in [0.1, 0.15) is 31.2 Å². The number of aryl methyl sites for hydroxylation is 1. The van der Waals surface area contributed by atoms with Gasteiger partial charge in [0.25, 0.3) is 5.69 Å². The van der Waals surface area contributed by atoms with Gasteiger partial charge in [-0.3, -0.25) is 19.7 Å². The highest BCUT2D eigenvalue weighted by Gasteiger charge is 2.34. The number of rotatable bonds is 6. The van der Waals surface area contributed by atoms with Crippen molar-refractivity contribution in [3.8, 4) is 0 Å². The van der Waals surface area contributed by atoms with Crippen LogP contribution in [0.15, 0.2) is 47.4 Å². The van der Waals surface area contributed by atoms with Gasteiger partial charge in [-0.15, -0.1) is 0 Å². The molecule has 2 amide bonds. The zero-order valence-electron chi connectivity index (χ0n) is 18.8. The van der Waals surface area contributed by atoms with Gasteiger partial charge in [-0.2, -0.15) is 4.31 Å². The first-order valence-electron chi connectivity index (χ1n) is 11.1. The second-order valence-electron chi connectivity index (χ2n) is 8.54. The van der Waals surface area contributed by atoms with Crippen LogP contribution in [0.3, 0.4) is 0 Å². The van der Waals surface area contributed by atoms with Crippen LogP contribution in [0, 0.1) is 23.0 Å². The Morgan fingerprint density at radius 2 is 1.82 bits per heavy atom. The van der Waals surface area contributed by atoms with E-state index < -0.39 is 14.9 Å². The summed E-state index contributed by atoms with van der Waals surface area (Å²) < 4.78 is 27.6. The molecule has 1 N–H and O–H groups in total. The molecule has 0 atom stereocenters. The number of amides is 2. The second-order valence-corrected chi connectivity index (χ2v) is 10.4. The number of para-hydroxylation sites is 2. The normalized spacial score (nSPS) is 17.7. The van der Waals surface area contributed by atoms with Gasteiger partial charge in [0, 0.05) is 44.1 Å². The Morgan fingerprint density at radius 3 is 2.47 bits per heavy atom. The molecule has 4 rings (SSSR count). The minimum absolute atomic E-state index is 0.0247. The Kier molecular flexibility index (Phi) is 6.67. The van der Waals surface area contributed by atoms with Gasteiger partial charge in [0.05, 0.1) is 21.2 Å². The molecule has 0 aromatic heterocycles. The number of carbonyl (C=O) groups excluding carboxylic acids is 2. The molecule has 2 heterocycles. The standard InChI is InChI=1S/C23H26N4O6S/c1-16-8-9-18(27(30)31)15-21(16)34(32,33)25-13-10-17(11-14-25)23(29)24-19-5-2-3-6-20(19)26-12-4-7-22(26)28/h2-3,5-6,8-9,15,17H,4,7,10-14H2,1H3,(H,24,29). The summed E-state index contributed by atoms with van der Waals surface area (Å²) in [5.74, 6) is -0.584. The van der Waals surface area contributed by atoms with Gasteiger partial charge >= 0.3 is 0 Å². The fourth-order valence-corrected chi connectivity index (χ4v) is 6.14. The SMILES string of the molecule is Cc1ccc([N+](=O)[O-])cc1S(=O)(=O)N1CCC(C(=O)Nc2ccccc2N2CCCC2=O)CC1. The zero-order valence-corrected chi connectivity index (χ0v) is 19.6. The lowest BCUT2D eigenvalue weighted by molar-refractivity contribution is -0.385. The summed E-state index contributed by atoms with van der Waals surface area (Å²) in [5.41, 5.74) is 1.37. The van der Waals surface area contributed by atoms with Crippen LogP contribution < -0.4 is 10.2 Å². The van der Waals surface area contributed by atoms with Crippen molar-refractivity contribution in [3.05, 3.63) is 58.1 Å². The summed E-state index contributed by atoms with van der Waals surface area (Å²) in [4.78, 5) is 37.2. The van der Waals surface area contributed by atoms with E-state index in [1.807, 2.05) is 6.07 Å². The molecule has 0 unspecified atom stereocenters. The maximum Gasteiger partial charge on any atom is 0.270 e. The van der Waals surface area contributed by atoms with Crippen LogP contribution >= 0.6 is 0 Å². The molecule has 34 heavy (non-hydrogen) atoms. The first-order valence-corrected chi connectivity index (χ1v) is 12.6. The Bertz CT molecular complexity index is 1240. The topological polar surface area (TPSA) is 130 Å². The van der Waals surface area contributed by atoms with Crippen molar-refractivity contribution >= 4 is 38.9 Å². The van der Waals surface area contributed by atoms with Gasteiger partial charge in [0.1, 0.15) is 0 Å². The molecule has 0 spiro atoms. The number of sulfonamides is 1. The number of anilines is 2. The number of nitro groups is 1. The molecule has 2 aromatic carbocycles. The van der Waals surface area contributed by atoms with Gasteiger partial charge in [-0.05, 0) is 43.9 Å². The van der Waals surface area contributed by atoms with Gasteiger partial charge in [0.2, 0.25) is 21.8 Å². The van der Waals surface area contributed by atoms with Crippen LogP contribution in [0.25, 0.3) is 0 Å². The largest absolute Gasteiger partial charge is 0.324 e. The molecule has 2 aliphatic rings. The van der Waals surface area contributed by atoms with Crippen molar-refractivity contribution in [3.63, 3.8) is 0 Å². The Balaban J connectivity index is 1.44. The van der Waals surface area contributed by atoms with E-state index in [1.165, 1.54) is 16.4 Å². The molecule has 0 saturated carbocycles. The highest BCUT2D eigenvalue weighted by molar-refractivity contribution is 7.89. The molecule has 2 fully saturated rings. The molecule has 10 nitrogen and oxygen atoms in total. The second kappa shape index (κ2) is 9.51. The predicted octanol–water partition coefficient (Wildman–Crippen LogP) is 3.07. The number of nitrogens with one attached hydrogen (secondary N) is 1. The van der Waals surface area contributed by atoms with E-state index >= 15 is 0 Å². The average molecular weight is 487 g/mol. The third-order valence-corrected chi connectivity index (χ3v) is 8.39. The number of non-ortho nitro benzene ring substituents is 1. The third-order valence-electron chi connectivity index (χ3n) is 6.35. The van der Waals surface area contributed by atoms with E-state index in [9.17, 15) is 28.1 Å². The van der Waals surface area contributed by atoms with Crippen LogP contribution in [-0.4, -0.2) is 49.1 Å².